The fourth-order valence-corrected chi connectivity index (χ4v) is 2.85. The summed E-state index contributed by atoms with van der Waals surface area (Å²) in [5.41, 5.74) is -0.311. The van der Waals surface area contributed by atoms with Crippen LogP contribution in [0.15, 0.2) is 10.6 Å². The van der Waals surface area contributed by atoms with Crippen LogP contribution in [-0.4, -0.2) is 29.5 Å². The molecule has 0 saturated carbocycles. The van der Waals surface area contributed by atoms with Crippen LogP contribution in [0.2, 0.25) is 0 Å². The smallest absolute Gasteiger partial charge is 0.207 e. The summed E-state index contributed by atoms with van der Waals surface area (Å²) >= 11 is 3.75. The Morgan fingerprint density at radius 3 is 2.76 bits per heavy atom. The van der Waals surface area contributed by atoms with Gasteiger partial charge in [-0.05, 0) is 18.9 Å². The summed E-state index contributed by atoms with van der Waals surface area (Å²) in [5.74, 6) is -1.92. The Bertz CT molecular complexity index is 777. The number of hydrogen-bond acceptors (Lipinski definition) is 6. The minimum atomic E-state index is -1.13. The van der Waals surface area contributed by atoms with E-state index in [9.17, 15) is 13.6 Å². The van der Waals surface area contributed by atoms with Gasteiger partial charge in [0.1, 0.15) is 0 Å². The maximum atomic E-state index is 14.3. The predicted octanol–water partition coefficient (Wildman–Crippen LogP) is 3.58. The number of thiol groups is 1. The lowest BCUT2D eigenvalue weighted by Gasteiger charge is -2.16. The Morgan fingerprint density at radius 1 is 1.40 bits per heavy atom. The molecule has 1 atom stereocenters. The van der Waals surface area contributed by atoms with Gasteiger partial charge in [-0.3, -0.25) is 4.79 Å². The van der Waals surface area contributed by atoms with Gasteiger partial charge in [0.15, 0.2) is 23.0 Å². The molecule has 1 aliphatic heterocycles. The van der Waals surface area contributed by atoms with Crippen molar-refractivity contribution in [2.24, 2.45) is 0 Å². The van der Waals surface area contributed by atoms with Crippen LogP contribution in [0.3, 0.4) is 0 Å². The summed E-state index contributed by atoms with van der Waals surface area (Å²) in [6.45, 7) is 2.57. The first-order valence-corrected chi connectivity index (χ1v) is 8.44. The van der Waals surface area contributed by atoms with Crippen LogP contribution in [0.5, 0.6) is 0 Å². The maximum Gasteiger partial charge on any atom is 0.207 e. The lowest BCUT2D eigenvalue weighted by molar-refractivity contribution is -0.110. The van der Waals surface area contributed by atoms with Crippen LogP contribution < -0.4 is 5.32 Å². The lowest BCUT2D eigenvalue weighted by atomic mass is 10.1. The first-order valence-electron chi connectivity index (χ1n) is 8.00. The van der Waals surface area contributed by atoms with Gasteiger partial charge >= 0.3 is 0 Å². The zero-order valence-corrected chi connectivity index (χ0v) is 14.4. The van der Waals surface area contributed by atoms with E-state index in [-0.39, 0.29) is 28.1 Å². The zero-order valence-electron chi connectivity index (χ0n) is 13.6. The van der Waals surface area contributed by atoms with Gasteiger partial charge < -0.3 is 19.3 Å². The minimum absolute atomic E-state index is 0.0349. The Hall–Kier alpha value is -1.71. The maximum absolute atomic E-state index is 14.3. The summed E-state index contributed by atoms with van der Waals surface area (Å²) in [6.07, 6.45) is 0.590. The molecule has 2 heterocycles. The first-order chi connectivity index (χ1) is 12.0. The number of ether oxygens (including phenoxy) is 2. The lowest BCUT2D eigenvalue weighted by Crippen LogP contribution is -2.19. The number of benzene rings is 1. The second-order valence-electron chi connectivity index (χ2n) is 5.76. The summed E-state index contributed by atoms with van der Waals surface area (Å²) in [6, 6.07) is 1.33. The third-order valence-electron chi connectivity index (χ3n) is 4.09. The van der Waals surface area contributed by atoms with Crippen LogP contribution in [0.1, 0.15) is 38.0 Å². The van der Waals surface area contributed by atoms with Crippen molar-refractivity contribution in [3.05, 3.63) is 23.3 Å². The number of anilines is 1. The Labute approximate surface area is 148 Å². The predicted molar refractivity (Wildman–Crippen MR) is 89.5 cm³/mol. The van der Waals surface area contributed by atoms with Crippen molar-refractivity contribution in [2.45, 2.75) is 38.5 Å². The summed E-state index contributed by atoms with van der Waals surface area (Å²) in [4.78, 5) is 11.0. The molecule has 1 aromatic carbocycles. The van der Waals surface area contributed by atoms with E-state index in [0.717, 1.165) is 0 Å². The van der Waals surface area contributed by atoms with E-state index in [4.69, 9.17) is 14.0 Å². The Morgan fingerprint density at radius 2 is 2.12 bits per heavy atom. The van der Waals surface area contributed by atoms with E-state index in [0.29, 0.717) is 37.9 Å². The van der Waals surface area contributed by atoms with Gasteiger partial charge in [-0.2, -0.15) is 4.39 Å². The molecule has 0 spiro atoms. The average molecular weight is 372 g/mol. The van der Waals surface area contributed by atoms with E-state index in [1.807, 2.05) is 6.92 Å². The number of halogens is 2. The highest BCUT2D eigenvalue weighted by atomic mass is 32.1. The van der Waals surface area contributed by atoms with Gasteiger partial charge in [-0.1, -0.05) is 12.1 Å². The molecule has 1 fully saturated rings. The van der Waals surface area contributed by atoms with Crippen LogP contribution in [0.25, 0.3) is 11.0 Å². The van der Waals surface area contributed by atoms with Crippen LogP contribution in [0, 0.1) is 11.6 Å². The summed E-state index contributed by atoms with van der Waals surface area (Å²) in [7, 11) is 0. The molecule has 136 valence electrons. The highest BCUT2D eigenvalue weighted by Gasteiger charge is 2.28. The second kappa shape index (κ2) is 7.67. The van der Waals surface area contributed by atoms with E-state index in [1.165, 1.54) is 6.07 Å². The van der Waals surface area contributed by atoms with Gasteiger partial charge in [0.25, 0.3) is 0 Å². The fourth-order valence-electron chi connectivity index (χ4n) is 2.72. The molecule has 0 bridgehead atoms. The quantitative estimate of drug-likeness (QED) is 0.724. The van der Waals surface area contributed by atoms with Crippen molar-refractivity contribution < 1.29 is 27.6 Å². The molecule has 0 unspecified atom stereocenters. The number of nitrogens with zero attached hydrogens (tertiary/aromatic N) is 1. The Balaban J connectivity index is 1.92. The highest BCUT2D eigenvalue weighted by molar-refractivity contribution is 7.96. The Kier molecular flexibility index (Phi) is 5.55. The normalized spacial score (nSPS) is 16.5. The number of rotatable bonds is 7. The fraction of sp³-hybridized carbons (Fsp3) is 0.500. The molecule has 3 rings (SSSR count). The number of carbonyl (C=O) groups is 1. The molecule has 0 aliphatic carbocycles. The first kappa shape index (κ1) is 18.1. The van der Waals surface area contributed by atoms with E-state index in [2.05, 4.69) is 23.1 Å². The van der Waals surface area contributed by atoms with Crippen LogP contribution in [-0.2, 0) is 14.3 Å². The van der Waals surface area contributed by atoms with Crippen molar-refractivity contribution in [2.75, 3.05) is 18.5 Å². The van der Waals surface area contributed by atoms with Crippen molar-refractivity contribution in [3.8, 4) is 0 Å². The van der Waals surface area contributed by atoms with Gasteiger partial charge in [0.2, 0.25) is 11.4 Å². The molecule has 1 aromatic heterocycles. The monoisotopic (exact) mass is 372 g/mol. The van der Waals surface area contributed by atoms with Gasteiger partial charge in [-0.15, -0.1) is 12.6 Å². The van der Waals surface area contributed by atoms with Crippen molar-refractivity contribution in [1.29, 1.82) is 0 Å². The number of hydrogen-bond donors (Lipinski definition) is 2. The number of carbonyl (C=O) groups excluding carboxylic acids is 1. The summed E-state index contributed by atoms with van der Waals surface area (Å²) < 4.78 is 44.0. The number of aromatic nitrogens is 1. The van der Waals surface area contributed by atoms with E-state index < -0.39 is 17.9 Å². The third-order valence-corrected chi connectivity index (χ3v) is 4.31. The molecule has 9 heteroatoms. The third kappa shape index (κ3) is 3.78. The molecule has 25 heavy (non-hydrogen) atoms. The van der Waals surface area contributed by atoms with E-state index >= 15 is 0 Å². The van der Waals surface area contributed by atoms with Gasteiger partial charge in [0.05, 0.1) is 18.6 Å². The topological polar surface area (TPSA) is 73.6 Å². The molecular weight excluding hydrogens is 354 g/mol. The van der Waals surface area contributed by atoms with Crippen LogP contribution in [0.4, 0.5) is 14.6 Å². The van der Waals surface area contributed by atoms with Crippen molar-refractivity contribution in [1.82, 2.24) is 5.16 Å². The molecule has 2 aromatic rings. The molecule has 6 nitrogen and oxygen atoms in total. The minimum Gasteiger partial charge on any atom is -0.364 e. The molecular formula is C16H18F2N2O4S. The molecule has 1 saturated heterocycles. The largest absolute Gasteiger partial charge is 0.364 e. The summed E-state index contributed by atoms with van der Waals surface area (Å²) in [5, 5.41) is 6.99. The van der Waals surface area contributed by atoms with Crippen molar-refractivity contribution >= 4 is 34.5 Å². The van der Waals surface area contributed by atoms with Gasteiger partial charge in [0, 0.05) is 18.0 Å². The second-order valence-corrected chi connectivity index (χ2v) is 6.26. The molecule has 0 amide bonds. The number of nitrogens with one attached hydrogen (secondary N) is 1. The average Bonchev–Trinajstić information content (AvgIpc) is 3.24. The van der Waals surface area contributed by atoms with Crippen LogP contribution >= 0.6 is 12.6 Å². The number of fused-ring (bicyclic) bond motifs is 1. The van der Waals surface area contributed by atoms with E-state index in [1.54, 1.807) is 0 Å². The zero-order chi connectivity index (χ0) is 18.0. The SMILES string of the molecule is CC[C@@H](CCC(=O)S)Nc1noc2c(F)c(F)c(C3OCCO3)cc12. The highest BCUT2D eigenvalue weighted by Crippen LogP contribution is 2.35. The molecule has 1 aliphatic rings. The van der Waals surface area contributed by atoms with Gasteiger partial charge in [-0.25, -0.2) is 4.39 Å². The molecule has 1 N–H and O–H groups in total. The van der Waals surface area contributed by atoms with Crippen molar-refractivity contribution in [3.63, 3.8) is 0 Å². The molecule has 0 radical (unpaired) electrons. The standard InChI is InChI=1S/C16H18F2N2O4S/c1-2-8(3-4-11(21)25)19-15-10-7-9(16-22-5-6-23-16)12(17)13(18)14(10)24-20-15/h7-8,16H,2-6H2,1H3,(H,19,20)(H,21,25)/t8-/m0/s1.